The highest BCUT2D eigenvalue weighted by Crippen LogP contribution is 2.28. The molecular weight excluding hydrogens is 278 g/mol. The lowest BCUT2D eigenvalue weighted by atomic mass is 9.98. The molecule has 22 heavy (non-hydrogen) atoms. The number of para-hydroxylation sites is 1. The van der Waals surface area contributed by atoms with Crippen LogP contribution in [0.4, 0.5) is 0 Å². The summed E-state index contributed by atoms with van der Waals surface area (Å²) in [5, 5.41) is 19.7. The minimum atomic E-state index is -0.501. The lowest BCUT2D eigenvalue weighted by Crippen LogP contribution is -2.41. The molecule has 1 aliphatic heterocycles. The second kappa shape index (κ2) is 9.13. The molecule has 1 aliphatic rings. The van der Waals surface area contributed by atoms with E-state index in [9.17, 15) is 10.2 Å². The average molecular weight is 307 g/mol. The van der Waals surface area contributed by atoms with E-state index in [1.165, 1.54) is 12.8 Å². The molecule has 1 aromatic carbocycles. The van der Waals surface area contributed by atoms with Crippen molar-refractivity contribution in [2.24, 2.45) is 0 Å². The molecule has 0 radical (unpaired) electrons. The van der Waals surface area contributed by atoms with Gasteiger partial charge in [0.1, 0.15) is 5.75 Å². The monoisotopic (exact) mass is 307 g/mol. The molecule has 2 rings (SSSR count). The largest absolute Gasteiger partial charge is 0.493 e. The van der Waals surface area contributed by atoms with Crippen molar-refractivity contribution < 1.29 is 14.9 Å². The first-order valence-corrected chi connectivity index (χ1v) is 8.51. The zero-order valence-corrected chi connectivity index (χ0v) is 13.6. The van der Waals surface area contributed by atoms with Crippen LogP contribution in [0.2, 0.25) is 0 Å². The summed E-state index contributed by atoms with van der Waals surface area (Å²) < 4.78 is 5.60. The lowest BCUT2D eigenvalue weighted by Gasteiger charge is -2.36. The van der Waals surface area contributed by atoms with Crippen LogP contribution in [0.25, 0.3) is 0 Å². The summed E-state index contributed by atoms with van der Waals surface area (Å²) >= 11 is 0. The predicted octanol–water partition coefficient (Wildman–Crippen LogP) is 2.75. The van der Waals surface area contributed by atoms with Crippen molar-refractivity contribution in [3.8, 4) is 5.75 Å². The first-order chi connectivity index (χ1) is 10.8. The number of aliphatic hydroxyl groups excluding tert-OH is 2. The summed E-state index contributed by atoms with van der Waals surface area (Å²) in [7, 11) is 0. The number of hydrogen-bond donors (Lipinski definition) is 2. The Morgan fingerprint density at radius 2 is 2.14 bits per heavy atom. The van der Waals surface area contributed by atoms with Gasteiger partial charge < -0.3 is 19.8 Å². The Bertz CT molecular complexity index is 436. The fourth-order valence-electron chi connectivity index (χ4n) is 3.32. The third-order valence-electron chi connectivity index (χ3n) is 4.48. The summed E-state index contributed by atoms with van der Waals surface area (Å²) in [5.74, 6) is 0.781. The second-order valence-electron chi connectivity index (χ2n) is 5.97. The number of aliphatic hydroxyl groups is 2. The summed E-state index contributed by atoms with van der Waals surface area (Å²) in [5.41, 5.74) is 0.875. The number of rotatable bonds is 8. The van der Waals surface area contributed by atoms with Gasteiger partial charge in [-0.1, -0.05) is 24.6 Å². The van der Waals surface area contributed by atoms with Crippen molar-refractivity contribution >= 4 is 0 Å². The highest BCUT2D eigenvalue weighted by molar-refractivity contribution is 5.35. The van der Waals surface area contributed by atoms with Crippen LogP contribution < -0.4 is 4.74 Å². The van der Waals surface area contributed by atoms with Gasteiger partial charge in [-0.05, 0) is 45.2 Å². The first kappa shape index (κ1) is 17.3. The first-order valence-electron chi connectivity index (χ1n) is 8.51. The molecule has 1 aromatic rings. The van der Waals surface area contributed by atoms with E-state index in [0.717, 1.165) is 37.2 Å². The van der Waals surface area contributed by atoms with Gasteiger partial charge >= 0.3 is 0 Å². The fourth-order valence-corrected chi connectivity index (χ4v) is 3.32. The molecule has 2 unspecified atom stereocenters. The lowest BCUT2D eigenvalue weighted by molar-refractivity contribution is 0.0880. The molecule has 4 heteroatoms. The maximum atomic E-state index is 10.5. The topological polar surface area (TPSA) is 52.9 Å². The van der Waals surface area contributed by atoms with Crippen LogP contribution in [0.3, 0.4) is 0 Å². The van der Waals surface area contributed by atoms with Crippen LogP contribution in [-0.2, 0) is 0 Å². The smallest absolute Gasteiger partial charge is 0.125 e. The number of ether oxygens (including phenoxy) is 1. The molecule has 1 saturated heterocycles. The number of nitrogens with zero attached hydrogens (tertiary/aromatic N) is 1. The van der Waals surface area contributed by atoms with Gasteiger partial charge in [-0.2, -0.15) is 0 Å². The summed E-state index contributed by atoms with van der Waals surface area (Å²) in [6.07, 6.45) is 4.66. The van der Waals surface area contributed by atoms with Crippen LogP contribution in [-0.4, -0.2) is 47.5 Å². The SMILES string of the molecule is CCOc1ccccc1C(O)CCN1CCCCC1CCO. The molecule has 0 saturated carbocycles. The van der Waals surface area contributed by atoms with Crippen molar-refractivity contribution in [1.29, 1.82) is 0 Å². The number of piperidine rings is 1. The number of benzene rings is 1. The third kappa shape index (κ3) is 4.70. The van der Waals surface area contributed by atoms with Gasteiger partial charge in [0.05, 0.1) is 12.7 Å². The van der Waals surface area contributed by atoms with Gasteiger partial charge in [0, 0.05) is 24.8 Å². The molecule has 0 spiro atoms. The van der Waals surface area contributed by atoms with E-state index >= 15 is 0 Å². The number of hydrogen-bond acceptors (Lipinski definition) is 4. The molecule has 0 aromatic heterocycles. The van der Waals surface area contributed by atoms with Crippen LogP contribution in [0.1, 0.15) is 50.7 Å². The van der Waals surface area contributed by atoms with Gasteiger partial charge in [0.25, 0.3) is 0 Å². The molecule has 124 valence electrons. The quantitative estimate of drug-likeness (QED) is 0.775. The Morgan fingerprint density at radius 1 is 1.32 bits per heavy atom. The Balaban J connectivity index is 1.92. The predicted molar refractivity (Wildman–Crippen MR) is 88.1 cm³/mol. The molecule has 2 N–H and O–H groups in total. The van der Waals surface area contributed by atoms with Crippen molar-refractivity contribution in [3.05, 3.63) is 29.8 Å². The Kier molecular flexibility index (Phi) is 7.16. The minimum Gasteiger partial charge on any atom is -0.493 e. The van der Waals surface area contributed by atoms with E-state index in [4.69, 9.17) is 4.74 Å². The van der Waals surface area contributed by atoms with Gasteiger partial charge in [0.2, 0.25) is 0 Å². The molecule has 0 amide bonds. The van der Waals surface area contributed by atoms with Gasteiger partial charge in [-0.3, -0.25) is 0 Å². The summed E-state index contributed by atoms with van der Waals surface area (Å²) in [6, 6.07) is 8.20. The van der Waals surface area contributed by atoms with Crippen molar-refractivity contribution in [1.82, 2.24) is 4.90 Å². The Labute approximate surface area is 133 Å². The van der Waals surface area contributed by atoms with E-state index in [1.54, 1.807) is 0 Å². The van der Waals surface area contributed by atoms with Crippen LogP contribution in [0, 0.1) is 0 Å². The van der Waals surface area contributed by atoms with E-state index in [2.05, 4.69) is 4.90 Å². The summed E-state index contributed by atoms with van der Waals surface area (Å²) in [6.45, 7) is 4.75. The molecule has 1 fully saturated rings. The van der Waals surface area contributed by atoms with Crippen LogP contribution >= 0.6 is 0 Å². The van der Waals surface area contributed by atoms with E-state index in [-0.39, 0.29) is 6.61 Å². The van der Waals surface area contributed by atoms with Crippen molar-refractivity contribution in [2.45, 2.75) is 51.2 Å². The highest BCUT2D eigenvalue weighted by Gasteiger charge is 2.23. The fraction of sp³-hybridized carbons (Fsp3) is 0.667. The zero-order valence-electron chi connectivity index (χ0n) is 13.6. The number of likely N-dealkylation sites (tertiary alicyclic amines) is 1. The second-order valence-corrected chi connectivity index (χ2v) is 5.97. The maximum absolute atomic E-state index is 10.5. The molecular formula is C18H29NO3. The summed E-state index contributed by atoms with van der Waals surface area (Å²) in [4.78, 5) is 2.42. The van der Waals surface area contributed by atoms with Crippen molar-refractivity contribution in [3.63, 3.8) is 0 Å². The van der Waals surface area contributed by atoms with Gasteiger partial charge in [0.15, 0.2) is 0 Å². The Morgan fingerprint density at radius 3 is 2.91 bits per heavy atom. The van der Waals surface area contributed by atoms with E-state index in [1.807, 2.05) is 31.2 Å². The molecule has 0 aliphatic carbocycles. The third-order valence-corrected chi connectivity index (χ3v) is 4.48. The van der Waals surface area contributed by atoms with E-state index in [0.29, 0.717) is 19.1 Å². The zero-order chi connectivity index (χ0) is 15.8. The standard InChI is InChI=1S/C18H29NO3/c1-2-22-18-9-4-3-8-16(18)17(21)10-13-19-12-6-5-7-15(19)11-14-20/h3-4,8-9,15,17,20-21H,2,5-7,10-14H2,1H3. The molecule has 4 nitrogen and oxygen atoms in total. The highest BCUT2D eigenvalue weighted by atomic mass is 16.5. The van der Waals surface area contributed by atoms with E-state index < -0.39 is 6.10 Å². The normalized spacial score (nSPS) is 20.8. The Hall–Kier alpha value is -1.10. The maximum Gasteiger partial charge on any atom is 0.125 e. The van der Waals surface area contributed by atoms with Gasteiger partial charge in [-0.25, -0.2) is 0 Å². The van der Waals surface area contributed by atoms with Gasteiger partial charge in [-0.15, -0.1) is 0 Å². The van der Waals surface area contributed by atoms with Crippen LogP contribution in [0.5, 0.6) is 5.75 Å². The molecule has 1 heterocycles. The molecule has 2 atom stereocenters. The molecule has 0 bridgehead atoms. The average Bonchev–Trinajstić information content (AvgIpc) is 2.55. The minimum absolute atomic E-state index is 0.247. The van der Waals surface area contributed by atoms with Crippen LogP contribution in [0.15, 0.2) is 24.3 Å². The van der Waals surface area contributed by atoms with Crippen molar-refractivity contribution in [2.75, 3.05) is 26.3 Å².